The molecule has 1 atom stereocenters. The molecular weight excluding hydrogens is 407 g/mol. The van der Waals surface area contributed by atoms with Gasteiger partial charge in [0.25, 0.3) is 5.56 Å². The van der Waals surface area contributed by atoms with Crippen LogP contribution in [-0.4, -0.2) is 9.55 Å². The molecular formula is C22H18Cl2N4O. The van der Waals surface area contributed by atoms with Crippen molar-refractivity contribution < 1.29 is 0 Å². The Morgan fingerprint density at radius 3 is 2.59 bits per heavy atom. The van der Waals surface area contributed by atoms with Gasteiger partial charge in [0, 0.05) is 17.4 Å². The SMILES string of the molecule is C[C@H](Nc1cc(Cl)ncc1N)c1cc2cccc(Cl)c2c(=O)n1-c1ccccc1. The predicted octanol–water partition coefficient (Wildman–Crippen LogP) is 5.45. The molecule has 0 saturated carbocycles. The van der Waals surface area contributed by atoms with E-state index < -0.39 is 0 Å². The molecule has 7 heteroatoms. The molecule has 0 aliphatic heterocycles. The Labute approximate surface area is 177 Å². The molecule has 0 unspecified atom stereocenters. The van der Waals surface area contributed by atoms with Crippen LogP contribution < -0.4 is 16.6 Å². The number of rotatable bonds is 4. The normalized spacial score (nSPS) is 12.1. The number of fused-ring (bicyclic) bond motifs is 1. The molecule has 2 heterocycles. The van der Waals surface area contributed by atoms with Crippen molar-refractivity contribution in [2.45, 2.75) is 13.0 Å². The molecule has 0 amide bonds. The number of halogens is 2. The van der Waals surface area contributed by atoms with Crippen LogP contribution in [0.15, 0.2) is 71.7 Å². The Hall–Kier alpha value is -3.02. The van der Waals surface area contributed by atoms with Crippen LogP contribution >= 0.6 is 23.2 Å². The van der Waals surface area contributed by atoms with Crippen molar-refractivity contribution in [1.29, 1.82) is 0 Å². The molecule has 2 aromatic carbocycles. The smallest absolute Gasteiger partial charge is 0.264 e. The van der Waals surface area contributed by atoms with Crippen molar-refractivity contribution in [2.24, 2.45) is 0 Å². The largest absolute Gasteiger partial charge is 0.396 e. The lowest BCUT2D eigenvalue weighted by atomic mass is 10.1. The summed E-state index contributed by atoms with van der Waals surface area (Å²) < 4.78 is 1.67. The lowest BCUT2D eigenvalue weighted by Gasteiger charge is -2.22. The molecule has 0 saturated heterocycles. The number of aromatic nitrogens is 2. The number of anilines is 2. The fourth-order valence-corrected chi connectivity index (χ4v) is 3.79. The summed E-state index contributed by atoms with van der Waals surface area (Å²) in [6, 6.07) is 18.3. The topological polar surface area (TPSA) is 72.9 Å². The monoisotopic (exact) mass is 424 g/mol. The van der Waals surface area contributed by atoms with Gasteiger partial charge < -0.3 is 11.1 Å². The first-order valence-electron chi connectivity index (χ1n) is 9.03. The second kappa shape index (κ2) is 7.78. The maximum absolute atomic E-state index is 13.4. The van der Waals surface area contributed by atoms with Crippen LogP contribution in [0.4, 0.5) is 11.4 Å². The Balaban J connectivity index is 1.93. The lowest BCUT2D eigenvalue weighted by Crippen LogP contribution is -2.25. The summed E-state index contributed by atoms with van der Waals surface area (Å²) in [5, 5.41) is 5.36. The summed E-state index contributed by atoms with van der Waals surface area (Å²) in [6.45, 7) is 1.96. The van der Waals surface area contributed by atoms with E-state index in [0.29, 0.717) is 26.9 Å². The highest BCUT2D eigenvalue weighted by atomic mass is 35.5. The zero-order chi connectivity index (χ0) is 20.5. The van der Waals surface area contributed by atoms with Gasteiger partial charge in [-0.1, -0.05) is 53.5 Å². The van der Waals surface area contributed by atoms with Gasteiger partial charge in [-0.2, -0.15) is 0 Å². The molecule has 0 aliphatic carbocycles. The molecule has 4 aromatic rings. The highest BCUT2D eigenvalue weighted by molar-refractivity contribution is 6.35. The number of para-hydroxylation sites is 1. The molecule has 146 valence electrons. The van der Waals surface area contributed by atoms with E-state index in [1.54, 1.807) is 16.7 Å². The minimum Gasteiger partial charge on any atom is -0.396 e. The Kier molecular flexibility index (Phi) is 5.18. The zero-order valence-electron chi connectivity index (χ0n) is 15.6. The van der Waals surface area contributed by atoms with Gasteiger partial charge in [-0.3, -0.25) is 9.36 Å². The number of nitrogens with zero attached hydrogens (tertiary/aromatic N) is 2. The Morgan fingerprint density at radius 2 is 1.83 bits per heavy atom. The summed E-state index contributed by atoms with van der Waals surface area (Å²) in [7, 11) is 0. The van der Waals surface area contributed by atoms with E-state index in [9.17, 15) is 4.79 Å². The molecule has 0 spiro atoms. The zero-order valence-corrected chi connectivity index (χ0v) is 17.1. The van der Waals surface area contributed by atoms with Gasteiger partial charge in [-0.15, -0.1) is 0 Å². The molecule has 29 heavy (non-hydrogen) atoms. The van der Waals surface area contributed by atoms with Crippen molar-refractivity contribution >= 4 is 45.3 Å². The van der Waals surface area contributed by atoms with Gasteiger partial charge >= 0.3 is 0 Å². The quantitative estimate of drug-likeness (QED) is 0.427. The maximum atomic E-state index is 13.4. The number of benzene rings is 2. The molecule has 3 N–H and O–H groups in total. The average molecular weight is 425 g/mol. The number of nitrogen functional groups attached to an aromatic ring is 1. The average Bonchev–Trinajstić information content (AvgIpc) is 2.71. The number of hydrogen-bond acceptors (Lipinski definition) is 4. The van der Waals surface area contributed by atoms with E-state index >= 15 is 0 Å². The van der Waals surface area contributed by atoms with Crippen LogP contribution in [0.1, 0.15) is 18.7 Å². The van der Waals surface area contributed by atoms with Gasteiger partial charge in [0.05, 0.1) is 34.0 Å². The summed E-state index contributed by atoms with van der Waals surface area (Å²) >= 11 is 12.4. The highest BCUT2D eigenvalue weighted by Crippen LogP contribution is 2.29. The van der Waals surface area contributed by atoms with Crippen LogP contribution in [0.3, 0.4) is 0 Å². The third-order valence-electron chi connectivity index (χ3n) is 4.76. The molecule has 0 aliphatic rings. The first-order valence-corrected chi connectivity index (χ1v) is 9.78. The first kappa shape index (κ1) is 19.3. The minimum absolute atomic E-state index is 0.177. The van der Waals surface area contributed by atoms with Crippen molar-refractivity contribution in [1.82, 2.24) is 9.55 Å². The second-order valence-electron chi connectivity index (χ2n) is 6.71. The van der Waals surface area contributed by atoms with Gasteiger partial charge in [0.1, 0.15) is 5.15 Å². The maximum Gasteiger partial charge on any atom is 0.264 e. The number of nitrogens with one attached hydrogen (secondary N) is 1. The summed E-state index contributed by atoms with van der Waals surface area (Å²) in [4.78, 5) is 17.4. The summed E-state index contributed by atoms with van der Waals surface area (Å²) in [6.07, 6.45) is 1.50. The second-order valence-corrected chi connectivity index (χ2v) is 7.50. The molecule has 2 aromatic heterocycles. The van der Waals surface area contributed by atoms with Gasteiger partial charge in [-0.05, 0) is 36.6 Å². The van der Waals surface area contributed by atoms with Crippen molar-refractivity contribution in [3.8, 4) is 5.69 Å². The molecule has 0 bridgehead atoms. The van der Waals surface area contributed by atoms with Crippen molar-refractivity contribution in [2.75, 3.05) is 11.1 Å². The fourth-order valence-electron chi connectivity index (χ4n) is 3.37. The molecule has 0 radical (unpaired) electrons. The Bertz CT molecular complexity index is 1260. The van der Waals surface area contributed by atoms with Crippen LogP contribution in [-0.2, 0) is 0 Å². The molecule has 0 fully saturated rings. The van der Waals surface area contributed by atoms with E-state index in [-0.39, 0.29) is 11.6 Å². The summed E-state index contributed by atoms with van der Waals surface area (Å²) in [5.74, 6) is 0. The number of hydrogen-bond donors (Lipinski definition) is 2. The first-order chi connectivity index (χ1) is 14.0. The van der Waals surface area contributed by atoms with Crippen molar-refractivity contribution in [3.63, 3.8) is 0 Å². The number of pyridine rings is 2. The number of nitrogens with two attached hydrogens (primary N) is 1. The van der Waals surface area contributed by atoms with Crippen LogP contribution in [0.2, 0.25) is 10.2 Å². The standard InChI is InChI=1S/C22H18Cl2N4O/c1-13(27-18-11-20(24)26-12-17(18)25)19-10-14-6-5-9-16(23)21(14)22(29)28(19)15-7-3-2-4-8-15/h2-13H,25H2,1H3,(H,26,27)/t13-/m0/s1. The minimum atomic E-state index is -0.257. The summed E-state index contributed by atoms with van der Waals surface area (Å²) in [5.41, 5.74) is 8.50. The Morgan fingerprint density at radius 1 is 1.07 bits per heavy atom. The van der Waals surface area contributed by atoms with Crippen LogP contribution in [0, 0.1) is 0 Å². The fraction of sp³-hybridized carbons (Fsp3) is 0.0909. The van der Waals surface area contributed by atoms with Gasteiger partial charge in [0.2, 0.25) is 0 Å². The third-order valence-corrected chi connectivity index (χ3v) is 5.28. The third kappa shape index (κ3) is 3.67. The lowest BCUT2D eigenvalue weighted by molar-refractivity contribution is 0.778. The predicted molar refractivity (Wildman–Crippen MR) is 120 cm³/mol. The van der Waals surface area contributed by atoms with E-state index in [4.69, 9.17) is 28.9 Å². The highest BCUT2D eigenvalue weighted by Gasteiger charge is 2.18. The van der Waals surface area contributed by atoms with Gasteiger partial charge in [-0.25, -0.2) is 4.98 Å². The van der Waals surface area contributed by atoms with Crippen LogP contribution in [0.25, 0.3) is 16.5 Å². The molecule has 5 nitrogen and oxygen atoms in total. The van der Waals surface area contributed by atoms with Crippen LogP contribution in [0.5, 0.6) is 0 Å². The van der Waals surface area contributed by atoms with E-state index in [2.05, 4.69) is 10.3 Å². The van der Waals surface area contributed by atoms with E-state index in [1.165, 1.54) is 6.20 Å². The van der Waals surface area contributed by atoms with Gasteiger partial charge in [0.15, 0.2) is 0 Å². The molecule has 4 rings (SSSR count). The van der Waals surface area contributed by atoms with Crippen molar-refractivity contribution in [3.05, 3.63) is 93.1 Å². The van der Waals surface area contributed by atoms with E-state index in [0.717, 1.165) is 16.8 Å². The van der Waals surface area contributed by atoms with E-state index in [1.807, 2.05) is 55.5 Å².